The van der Waals surface area contributed by atoms with Crippen LogP contribution in [0.4, 0.5) is 0 Å². The number of nitrogens with one attached hydrogen (secondary N) is 2. The molecular weight excluding hydrogens is 386 g/mol. The SMILES string of the molecule is C#Cc1ccc(CNC(=O)[C@@H]2C[C@@H](C)CN2C(=O)[C@@H](NCC)C(C)(C)C)cc1Cl. The molecule has 0 aromatic heterocycles. The Kier molecular flexibility index (Phi) is 7.73. The van der Waals surface area contributed by atoms with E-state index in [0.29, 0.717) is 36.6 Å². The lowest BCUT2D eigenvalue weighted by Gasteiger charge is -2.35. The van der Waals surface area contributed by atoms with Crippen LogP contribution in [0.2, 0.25) is 5.02 Å². The normalized spacial score (nSPS) is 20.2. The zero-order chi connectivity index (χ0) is 21.8. The smallest absolute Gasteiger partial charge is 0.243 e. The van der Waals surface area contributed by atoms with Crippen molar-refractivity contribution in [3.05, 3.63) is 34.3 Å². The molecule has 29 heavy (non-hydrogen) atoms. The highest BCUT2D eigenvalue weighted by atomic mass is 35.5. The van der Waals surface area contributed by atoms with E-state index in [1.807, 2.05) is 33.8 Å². The van der Waals surface area contributed by atoms with E-state index in [0.717, 1.165) is 5.56 Å². The number of carbonyl (C=O) groups is 2. The number of hydrogen-bond acceptors (Lipinski definition) is 3. The molecule has 0 unspecified atom stereocenters. The Morgan fingerprint density at radius 2 is 2.07 bits per heavy atom. The Labute approximate surface area is 179 Å². The number of terminal acetylenes is 1. The summed E-state index contributed by atoms with van der Waals surface area (Å²) >= 11 is 6.15. The average molecular weight is 418 g/mol. The van der Waals surface area contributed by atoms with Crippen molar-refractivity contribution >= 4 is 23.4 Å². The molecule has 1 aromatic carbocycles. The van der Waals surface area contributed by atoms with Crippen molar-refractivity contribution in [2.75, 3.05) is 13.1 Å². The fourth-order valence-electron chi connectivity index (χ4n) is 3.76. The van der Waals surface area contributed by atoms with Gasteiger partial charge in [-0.2, -0.15) is 0 Å². The van der Waals surface area contributed by atoms with Gasteiger partial charge in [-0.15, -0.1) is 6.42 Å². The third-order valence-corrected chi connectivity index (χ3v) is 5.59. The second-order valence-electron chi connectivity index (χ2n) is 8.88. The molecule has 1 aromatic rings. The van der Waals surface area contributed by atoms with Crippen LogP contribution >= 0.6 is 11.6 Å². The molecule has 0 radical (unpaired) electrons. The van der Waals surface area contributed by atoms with Crippen molar-refractivity contribution in [3.63, 3.8) is 0 Å². The van der Waals surface area contributed by atoms with Crippen LogP contribution in [0.3, 0.4) is 0 Å². The monoisotopic (exact) mass is 417 g/mol. The van der Waals surface area contributed by atoms with Crippen LogP contribution in [0.15, 0.2) is 18.2 Å². The molecule has 1 aliphatic rings. The number of benzene rings is 1. The summed E-state index contributed by atoms with van der Waals surface area (Å²) in [4.78, 5) is 27.9. The minimum Gasteiger partial charge on any atom is -0.350 e. The maximum absolute atomic E-state index is 13.3. The molecule has 3 atom stereocenters. The van der Waals surface area contributed by atoms with Gasteiger partial charge in [-0.1, -0.05) is 58.2 Å². The van der Waals surface area contributed by atoms with Crippen molar-refractivity contribution in [3.8, 4) is 12.3 Å². The molecule has 1 heterocycles. The van der Waals surface area contributed by atoms with Gasteiger partial charge in [0.05, 0.1) is 11.1 Å². The second-order valence-corrected chi connectivity index (χ2v) is 9.29. The molecule has 5 nitrogen and oxygen atoms in total. The fourth-order valence-corrected chi connectivity index (χ4v) is 4.02. The van der Waals surface area contributed by atoms with Crippen LogP contribution < -0.4 is 10.6 Å². The zero-order valence-corrected chi connectivity index (χ0v) is 18.8. The van der Waals surface area contributed by atoms with Crippen molar-refractivity contribution < 1.29 is 9.59 Å². The maximum atomic E-state index is 13.3. The number of hydrogen-bond donors (Lipinski definition) is 2. The summed E-state index contributed by atoms with van der Waals surface area (Å²) in [6.07, 6.45) is 6.06. The first-order valence-corrected chi connectivity index (χ1v) is 10.5. The van der Waals surface area contributed by atoms with Crippen LogP contribution in [0.5, 0.6) is 0 Å². The molecule has 0 saturated carbocycles. The number of nitrogens with zero attached hydrogens (tertiary/aromatic N) is 1. The Hall–Kier alpha value is -2.03. The highest BCUT2D eigenvalue weighted by Crippen LogP contribution is 2.28. The molecule has 0 aliphatic carbocycles. The van der Waals surface area contributed by atoms with Crippen molar-refractivity contribution in [1.82, 2.24) is 15.5 Å². The summed E-state index contributed by atoms with van der Waals surface area (Å²) in [6, 6.07) is 4.59. The maximum Gasteiger partial charge on any atom is 0.243 e. The van der Waals surface area contributed by atoms with Gasteiger partial charge >= 0.3 is 0 Å². The highest BCUT2D eigenvalue weighted by molar-refractivity contribution is 6.31. The van der Waals surface area contributed by atoms with E-state index in [4.69, 9.17) is 18.0 Å². The standard InChI is InChI=1S/C23H32ClN3O2/c1-7-17-10-9-16(12-18(17)24)13-26-21(28)19-11-15(3)14-27(19)22(29)20(25-8-2)23(4,5)6/h1,9-10,12,15,19-20,25H,8,11,13-14H2,2-6H3,(H,26,28)/t15-,19+,20-/m1/s1. The fraction of sp³-hybridized carbons (Fsp3) is 0.565. The summed E-state index contributed by atoms with van der Waals surface area (Å²) in [5.74, 6) is 2.65. The van der Waals surface area contributed by atoms with E-state index < -0.39 is 6.04 Å². The lowest BCUT2D eigenvalue weighted by molar-refractivity contribution is -0.142. The van der Waals surface area contributed by atoms with E-state index in [1.165, 1.54) is 0 Å². The first-order chi connectivity index (χ1) is 13.6. The topological polar surface area (TPSA) is 61.4 Å². The molecule has 1 fully saturated rings. The molecule has 0 bridgehead atoms. The van der Waals surface area contributed by atoms with Gasteiger partial charge in [-0.25, -0.2) is 0 Å². The number of carbonyl (C=O) groups excluding carboxylic acids is 2. The summed E-state index contributed by atoms with van der Waals surface area (Å²) in [6.45, 7) is 11.8. The minimum atomic E-state index is -0.457. The predicted octanol–water partition coefficient (Wildman–Crippen LogP) is 3.20. The van der Waals surface area contributed by atoms with Crippen LogP contribution in [0.25, 0.3) is 0 Å². The van der Waals surface area contributed by atoms with Crippen LogP contribution in [-0.2, 0) is 16.1 Å². The van der Waals surface area contributed by atoms with Gasteiger partial charge in [-0.05, 0) is 42.0 Å². The van der Waals surface area contributed by atoms with Crippen LogP contribution in [0.1, 0.15) is 52.2 Å². The van der Waals surface area contributed by atoms with E-state index >= 15 is 0 Å². The highest BCUT2D eigenvalue weighted by Gasteiger charge is 2.42. The minimum absolute atomic E-state index is 0.00901. The quantitative estimate of drug-likeness (QED) is 0.699. The predicted molar refractivity (Wildman–Crippen MR) is 117 cm³/mol. The molecule has 0 spiro atoms. The first kappa shape index (κ1) is 23.3. The van der Waals surface area contributed by atoms with Gasteiger partial charge in [0.15, 0.2) is 0 Å². The Morgan fingerprint density at radius 3 is 2.62 bits per heavy atom. The van der Waals surface area contributed by atoms with Gasteiger partial charge < -0.3 is 15.5 Å². The third kappa shape index (κ3) is 5.74. The first-order valence-electron chi connectivity index (χ1n) is 10.1. The number of likely N-dealkylation sites (N-methyl/N-ethyl adjacent to an activating group) is 1. The second kappa shape index (κ2) is 9.65. The van der Waals surface area contributed by atoms with E-state index in [9.17, 15) is 9.59 Å². The van der Waals surface area contributed by atoms with Crippen LogP contribution in [0, 0.1) is 23.7 Å². The molecule has 2 N–H and O–H groups in total. The Morgan fingerprint density at radius 1 is 1.38 bits per heavy atom. The summed E-state index contributed by atoms with van der Waals surface area (Å²) in [5.41, 5.74) is 1.25. The van der Waals surface area contributed by atoms with Crippen molar-refractivity contribution in [1.29, 1.82) is 0 Å². The number of amides is 2. The average Bonchev–Trinajstić information content (AvgIpc) is 3.04. The number of halogens is 1. The summed E-state index contributed by atoms with van der Waals surface area (Å²) in [7, 11) is 0. The third-order valence-electron chi connectivity index (χ3n) is 5.27. The van der Waals surface area contributed by atoms with E-state index in [2.05, 4.69) is 23.5 Å². The van der Waals surface area contributed by atoms with Gasteiger partial charge in [0, 0.05) is 18.7 Å². The molecule has 1 aliphatic heterocycles. The Bertz CT molecular complexity index is 794. The van der Waals surface area contributed by atoms with E-state index in [-0.39, 0.29) is 29.2 Å². The lowest BCUT2D eigenvalue weighted by Crippen LogP contribution is -2.56. The van der Waals surface area contributed by atoms with Gasteiger partial charge in [-0.3, -0.25) is 9.59 Å². The number of likely N-dealkylation sites (tertiary alicyclic amines) is 1. The molecular formula is C23H32ClN3O2. The van der Waals surface area contributed by atoms with E-state index in [1.54, 1.807) is 17.0 Å². The van der Waals surface area contributed by atoms with Gasteiger partial charge in [0.25, 0.3) is 0 Å². The zero-order valence-electron chi connectivity index (χ0n) is 18.0. The molecule has 1 saturated heterocycles. The van der Waals surface area contributed by atoms with Crippen LogP contribution in [-0.4, -0.2) is 41.9 Å². The summed E-state index contributed by atoms with van der Waals surface area (Å²) < 4.78 is 0. The number of rotatable bonds is 6. The molecule has 2 amide bonds. The molecule has 6 heteroatoms. The molecule has 158 valence electrons. The summed E-state index contributed by atoms with van der Waals surface area (Å²) in [5, 5.41) is 6.74. The van der Waals surface area contributed by atoms with Gasteiger partial charge in [0.1, 0.15) is 6.04 Å². The van der Waals surface area contributed by atoms with Gasteiger partial charge in [0.2, 0.25) is 11.8 Å². The largest absolute Gasteiger partial charge is 0.350 e. The van der Waals surface area contributed by atoms with Crippen molar-refractivity contribution in [2.45, 2.75) is 59.7 Å². The lowest BCUT2D eigenvalue weighted by atomic mass is 9.85. The van der Waals surface area contributed by atoms with Crippen molar-refractivity contribution in [2.24, 2.45) is 11.3 Å². The Balaban J connectivity index is 2.10. The molecule has 2 rings (SSSR count).